The minimum atomic E-state index is -4.09. The molecule has 1 aromatic carbocycles. The van der Waals surface area contributed by atoms with E-state index < -0.39 is 34.7 Å². The third-order valence-electron chi connectivity index (χ3n) is 5.48. The largest absolute Gasteiger partial charge is 0.496 e. The average Bonchev–Trinajstić information content (AvgIpc) is 3.36. The molecule has 3 aromatic rings. The van der Waals surface area contributed by atoms with Gasteiger partial charge in [-0.1, -0.05) is 23.4 Å². The highest BCUT2D eigenvalue weighted by Gasteiger charge is 2.44. The van der Waals surface area contributed by atoms with Crippen molar-refractivity contribution >= 4 is 27.3 Å². The van der Waals surface area contributed by atoms with E-state index in [1.807, 2.05) is 24.3 Å². The van der Waals surface area contributed by atoms with Crippen molar-refractivity contribution in [3.8, 4) is 5.75 Å². The highest BCUT2D eigenvalue weighted by molar-refractivity contribution is 7.84. The summed E-state index contributed by atoms with van der Waals surface area (Å²) >= 11 is 0. The number of anilines is 1. The molecule has 2 heterocycles. The van der Waals surface area contributed by atoms with Gasteiger partial charge in [-0.05, 0) is 6.07 Å². The Morgan fingerprint density at radius 1 is 1.21 bits per heavy atom. The second kappa shape index (κ2) is 10.1. The zero-order valence-electron chi connectivity index (χ0n) is 18.2. The van der Waals surface area contributed by atoms with E-state index in [0.717, 1.165) is 11.3 Å². The summed E-state index contributed by atoms with van der Waals surface area (Å²) in [5.41, 5.74) is 1.68. The fraction of sp³-hybridized carbons (Fsp3) is 0.474. The lowest BCUT2D eigenvalue weighted by atomic mass is 10.2. The number of rotatable bonds is 10. The first kappa shape index (κ1) is 24.2. The van der Waals surface area contributed by atoms with Gasteiger partial charge in [0.2, 0.25) is 0 Å². The number of hydrogen-bond acceptors (Lipinski definition) is 12. The smallest absolute Gasteiger partial charge is 0.333 e. The number of aromatic nitrogens is 5. The van der Waals surface area contributed by atoms with Crippen molar-refractivity contribution < 1.29 is 32.3 Å². The average molecular weight is 496 g/mol. The molecule has 1 fully saturated rings. The normalized spacial score (nSPS) is 22.8. The summed E-state index contributed by atoms with van der Waals surface area (Å²) in [5.74, 6) is 1.18. The molecule has 34 heavy (non-hydrogen) atoms. The molecule has 4 atom stereocenters. The quantitative estimate of drug-likeness (QED) is 0.254. The zero-order chi connectivity index (χ0) is 24.3. The summed E-state index contributed by atoms with van der Waals surface area (Å²) in [6, 6.07) is 6.88. The second-order valence-electron chi connectivity index (χ2n) is 7.60. The van der Waals surface area contributed by atoms with Crippen LogP contribution < -0.4 is 15.2 Å². The SMILES string of the molecule is COc1ccccc1CNc1ncnc2c1nnn2[C@H]1C[C@@H](OCCOS(N)(=O)=O)[C@H](O)[C@@H]1O. The molecular formula is C19H25N7O7S. The molecule has 5 N–H and O–H groups in total. The number of para-hydroxylation sites is 1. The van der Waals surface area contributed by atoms with E-state index in [4.69, 9.17) is 14.6 Å². The van der Waals surface area contributed by atoms with Crippen molar-refractivity contribution in [2.75, 3.05) is 25.6 Å². The highest BCUT2D eigenvalue weighted by atomic mass is 32.2. The Morgan fingerprint density at radius 3 is 2.76 bits per heavy atom. The van der Waals surface area contributed by atoms with Crippen LogP contribution in [0.15, 0.2) is 30.6 Å². The van der Waals surface area contributed by atoms with Crippen LogP contribution in [0, 0.1) is 0 Å². The first-order valence-corrected chi connectivity index (χ1v) is 11.8. The van der Waals surface area contributed by atoms with Gasteiger partial charge in [0, 0.05) is 18.5 Å². The molecule has 0 saturated heterocycles. The van der Waals surface area contributed by atoms with Crippen molar-refractivity contribution in [3.05, 3.63) is 36.2 Å². The number of benzene rings is 1. The van der Waals surface area contributed by atoms with Crippen LogP contribution in [0.4, 0.5) is 5.82 Å². The lowest BCUT2D eigenvalue weighted by molar-refractivity contribution is -0.0612. The van der Waals surface area contributed by atoms with Crippen molar-refractivity contribution in [1.29, 1.82) is 0 Å². The minimum absolute atomic E-state index is 0.144. The van der Waals surface area contributed by atoms with Crippen molar-refractivity contribution in [2.24, 2.45) is 5.14 Å². The summed E-state index contributed by atoms with van der Waals surface area (Å²) in [5, 5.41) is 37.2. The lowest BCUT2D eigenvalue weighted by Gasteiger charge is -2.17. The fourth-order valence-corrected chi connectivity index (χ4v) is 4.17. The van der Waals surface area contributed by atoms with Gasteiger partial charge in [-0.3, -0.25) is 4.18 Å². The zero-order valence-corrected chi connectivity index (χ0v) is 19.0. The molecule has 0 radical (unpaired) electrons. The van der Waals surface area contributed by atoms with Gasteiger partial charge >= 0.3 is 10.3 Å². The number of aliphatic hydroxyl groups excluding tert-OH is 2. The molecule has 0 spiro atoms. The third kappa shape index (κ3) is 5.24. The Bertz CT molecular complexity index is 1240. The van der Waals surface area contributed by atoms with Crippen LogP contribution in [0.1, 0.15) is 18.0 Å². The topological polar surface area (TPSA) is 197 Å². The van der Waals surface area contributed by atoms with Gasteiger partial charge in [0.1, 0.15) is 24.3 Å². The van der Waals surface area contributed by atoms with Gasteiger partial charge in [0.25, 0.3) is 0 Å². The molecule has 184 valence electrons. The summed E-state index contributed by atoms with van der Waals surface area (Å²) in [4.78, 5) is 8.50. The van der Waals surface area contributed by atoms with Crippen LogP contribution in [0.2, 0.25) is 0 Å². The number of fused-ring (bicyclic) bond motifs is 1. The molecule has 1 aliphatic carbocycles. The van der Waals surface area contributed by atoms with Gasteiger partial charge in [-0.2, -0.15) is 8.42 Å². The monoisotopic (exact) mass is 495 g/mol. The number of ether oxygens (including phenoxy) is 2. The summed E-state index contributed by atoms with van der Waals surface area (Å²) in [6.07, 6.45) is -1.70. The van der Waals surface area contributed by atoms with Gasteiger partial charge < -0.3 is 25.0 Å². The number of nitrogens with one attached hydrogen (secondary N) is 1. The summed E-state index contributed by atoms with van der Waals surface area (Å²) in [7, 11) is -2.49. The molecule has 0 amide bonds. The fourth-order valence-electron chi connectivity index (χ4n) is 3.87. The number of aliphatic hydroxyl groups is 2. The Labute approximate surface area is 194 Å². The predicted octanol–water partition coefficient (Wildman–Crippen LogP) is -0.886. The number of nitrogens with zero attached hydrogens (tertiary/aromatic N) is 5. The highest BCUT2D eigenvalue weighted by Crippen LogP contribution is 2.34. The maximum absolute atomic E-state index is 10.8. The van der Waals surface area contributed by atoms with Gasteiger partial charge in [-0.15, -0.1) is 5.10 Å². The Kier molecular flexibility index (Phi) is 7.20. The van der Waals surface area contributed by atoms with Crippen LogP contribution in [-0.2, 0) is 25.8 Å². The molecule has 0 aliphatic heterocycles. The second-order valence-corrected chi connectivity index (χ2v) is 8.82. The van der Waals surface area contributed by atoms with Gasteiger partial charge in [0.05, 0.1) is 32.5 Å². The van der Waals surface area contributed by atoms with E-state index in [1.165, 1.54) is 11.0 Å². The molecule has 0 unspecified atom stereocenters. The first-order valence-electron chi connectivity index (χ1n) is 10.3. The van der Waals surface area contributed by atoms with Crippen LogP contribution in [0.5, 0.6) is 5.75 Å². The predicted molar refractivity (Wildman–Crippen MR) is 118 cm³/mol. The molecule has 0 bridgehead atoms. The molecule has 4 rings (SSSR count). The third-order valence-corrected chi connectivity index (χ3v) is 5.97. The van der Waals surface area contributed by atoms with E-state index in [-0.39, 0.29) is 19.6 Å². The number of methoxy groups -OCH3 is 1. The maximum atomic E-state index is 10.8. The first-order chi connectivity index (χ1) is 16.3. The van der Waals surface area contributed by atoms with E-state index in [0.29, 0.717) is 23.5 Å². The Hall–Kier alpha value is -2.95. The van der Waals surface area contributed by atoms with E-state index in [2.05, 4.69) is 29.8 Å². The molecular weight excluding hydrogens is 470 g/mol. The van der Waals surface area contributed by atoms with Crippen LogP contribution in [0.3, 0.4) is 0 Å². The van der Waals surface area contributed by atoms with Crippen molar-refractivity contribution in [3.63, 3.8) is 0 Å². The molecule has 2 aromatic heterocycles. The van der Waals surface area contributed by atoms with Gasteiger partial charge in [-0.25, -0.2) is 19.8 Å². The number of nitrogens with two attached hydrogens (primary N) is 1. The van der Waals surface area contributed by atoms with Crippen molar-refractivity contribution in [1.82, 2.24) is 25.0 Å². The van der Waals surface area contributed by atoms with E-state index in [9.17, 15) is 18.6 Å². The van der Waals surface area contributed by atoms with E-state index in [1.54, 1.807) is 7.11 Å². The maximum Gasteiger partial charge on any atom is 0.333 e. The van der Waals surface area contributed by atoms with Crippen LogP contribution in [0.25, 0.3) is 11.2 Å². The lowest BCUT2D eigenvalue weighted by Crippen LogP contribution is -2.33. The van der Waals surface area contributed by atoms with Crippen LogP contribution >= 0.6 is 0 Å². The molecule has 1 aliphatic rings. The standard InChI is InChI=1S/C19H25N7O7S/c1-31-13-5-3-2-4-11(13)9-21-18-15-19(23-10-22-18)26(25-24-15)12-8-14(17(28)16(12)27)32-6-7-33-34(20,29)30/h2-5,10,12,14,16-17,27-28H,6-9H2,1H3,(H2,20,29,30)(H,21,22,23)/t12-,14+,16+,17-/m0/s1. The molecule has 15 heteroatoms. The Morgan fingerprint density at radius 2 is 2.00 bits per heavy atom. The van der Waals surface area contributed by atoms with Crippen molar-refractivity contribution in [2.45, 2.75) is 37.3 Å². The number of hydrogen-bond donors (Lipinski definition) is 4. The van der Waals surface area contributed by atoms with Gasteiger partial charge in [0.15, 0.2) is 17.0 Å². The summed E-state index contributed by atoms with van der Waals surface area (Å²) in [6.45, 7) is -0.0390. The Balaban J connectivity index is 1.47. The van der Waals surface area contributed by atoms with E-state index >= 15 is 0 Å². The van der Waals surface area contributed by atoms with Crippen LogP contribution in [-0.4, -0.2) is 82.2 Å². The minimum Gasteiger partial charge on any atom is -0.496 e. The molecule has 14 nitrogen and oxygen atoms in total. The molecule has 1 saturated carbocycles. The summed E-state index contributed by atoms with van der Waals surface area (Å²) < 4.78 is 38.3.